The molecular formula is C12H18O. The van der Waals surface area contributed by atoms with Gasteiger partial charge in [0.2, 0.25) is 0 Å². The Kier molecular flexibility index (Phi) is 3.07. The zero-order valence-corrected chi connectivity index (χ0v) is 8.17. The molecule has 1 aliphatic heterocycles. The van der Waals surface area contributed by atoms with E-state index in [0.717, 1.165) is 0 Å². The van der Waals surface area contributed by atoms with Gasteiger partial charge in [0.1, 0.15) is 5.76 Å². The van der Waals surface area contributed by atoms with Gasteiger partial charge >= 0.3 is 0 Å². The molecule has 2 aliphatic rings. The summed E-state index contributed by atoms with van der Waals surface area (Å²) in [5, 5.41) is 0. The molecule has 0 aromatic rings. The van der Waals surface area contributed by atoms with Crippen LogP contribution in [-0.2, 0) is 4.74 Å². The second-order valence-electron chi connectivity index (χ2n) is 3.95. The van der Waals surface area contributed by atoms with E-state index in [9.17, 15) is 0 Å². The van der Waals surface area contributed by atoms with Crippen molar-refractivity contribution in [2.45, 2.75) is 51.0 Å². The molecule has 1 saturated heterocycles. The van der Waals surface area contributed by atoms with Gasteiger partial charge in [-0.05, 0) is 31.8 Å². The summed E-state index contributed by atoms with van der Waals surface area (Å²) in [6.07, 6.45) is 16.4. The van der Waals surface area contributed by atoms with Crippen molar-refractivity contribution in [3.8, 4) is 0 Å². The molecule has 1 atom stereocenters. The maximum absolute atomic E-state index is 5.44. The van der Waals surface area contributed by atoms with Gasteiger partial charge in [-0.3, -0.25) is 0 Å². The Hall–Kier alpha value is -0.720. The molecule has 0 spiro atoms. The van der Waals surface area contributed by atoms with Gasteiger partial charge < -0.3 is 4.74 Å². The first-order chi connectivity index (χ1) is 6.47. The third kappa shape index (κ3) is 2.91. The summed E-state index contributed by atoms with van der Waals surface area (Å²) in [6.45, 7) is 0. The third-order valence-corrected chi connectivity index (χ3v) is 2.77. The summed E-state index contributed by atoms with van der Waals surface area (Å²) >= 11 is 0. The van der Waals surface area contributed by atoms with Gasteiger partial charge in [0.15, 0.2) is 6.10 Å². The Morgan fingerprint density at radius 3 is 2.92 bits per heavy atom. The van der Waals surface area contributed by atoms with Crippen LogP contribution in [0.4, 0.5) is 0 Å². The summed E-state index contributed by atoms with van der Waals surface area (Å²) in [5.41, 5.74) is 0. The molecule has 1 heterocycles. The van der Waals surface area contributed by atoms with E-state index in [1.165, 1.54) is 50.7 Å². The van der Waals surface area contributed by atoms with Gasteiger partial charge in [-0.1, -0.05) is 31.4 Å². The SMILES string of the molecule is C1=C2OC2CCCCCCC/C=C\1. The Morgan fingerprint density at radius 2 is 1.92 bits per heavy atom. The zero-order valence-electron chi connectivity index (χ0n) is 8.17. The zero-order chi connectivity index (χ0) is 8.93. The van der Waals surface area contributed by atoms with E-state index in [2.05, 4.69) is 18.2 Å². The molecule has 0 aromatic heterocycles. The number of hydrogen-bond donors (Lipinski definition) is 0. The monoisotopic (exact) mass is 178 g/mol. The van der Waals surface area contributed by atoms with Crippen LogP contribution in [0.25, 0.3) is 0 Å². The first kappa shape index (κ1) is 8.86. The van der Waals surface area contributed by atoms with E-state index >= 15 is 0 Å². The molecule has 13 heavy (non-hydrogen) atoms. The first-order valence-corrected chi connectivity index (χ1v) is 5.50. The average molecular weight is 178 g/mol. The van der Waals surface area contributed by atoms with Crippen molar-refractivity contribution in [1.82, 2.24) is 0 Å². The minimum atomic E-state index is 0.476. The Labute approximate surface area is 80.5 Å². The van der Waals surface area contributed by atoms with Crippen LogP contribution in [0.15, 0.2) is 24.0 Å². The molecule has 0 amide bonds. The van der Waals surface area contributed by atoms with Crippen LogP contribution in [0, 0.1) is 0 Å². The van der Waals surface area contributed by atoms with E-state index in [4.69, 9.17) is 4.74 Å². The Balaban J connectivity index is 1.84. The highest BCUT2D eigenvalue weighted by Crippen LogP contribution is 2.31. The molecule has 1 unspecified atom stereocenters. The van der Waals surface area contributed by atoms with Gasteiger partial charge in [-0.25, -0.2) is 0 Å². The fraction of sp³-hybridized carbons (Fsp3) is 0.667. The highest BCUT2D eigenvalue weighted by Gasteiger charge is 2.30. The van der Waals surface area contributed by atoms with Crippen molar-refractivity contribution in [3.05, 3.63) is 24.0 Å². The minimum absolute atomic E-state index is 0.476. The molecule has 0 saturated carbocycles. The minimum Gasteiger partial charge on any atom is -0.483 e. The van der Waals surface area contributed by atoms with E-state index in [1.807, 2.05) is 0 Å². The topological polar surface area (TPSA) is 12.5 Å². The molecule has 0 N–H and O–H groups in total. The quantitative estimate of drug-likeness (QED) is 0.517. The largest absolute Gasteiger partial charge is 0.483 e. The molecule has 0 radical (unpaired) electrons. The third-order valence-electron chi connectivity index (χ3n) is 2.77. The van der Waals surface area contributed by atoms with Crippen molar-refractivity contribution in [3.63, 3.8) is 0 Å². The van der Waals surface area contributed by atoms with E-state index in [0.29, 0.717) is 6.10 Å². The predicted molar refractivity (Wildman–Crippen MR) is 54.4 cm³/mol. The van der Waals surface area contributed by atoms with E-state index in [-0.39, 0.29) is 0 Å². The molecule has 0 aromatic carbocycles. The normalized spacial score (nSPS) is 31.4. The van der Waals surface area contributed by atoms with Gasteiger partial charge in [-0.2, -0.15) is 0 Å². The highest BCUT2D eigenvalue weighted by molar-refractivity contribution is 5.20. The summed E-state index contributed by atoms with van der Waals surface area (Å²) in [7, 11) is 0. The summed E-state index contributed by atoms with van der Waals surface area (Å²) in [4.78, 5) is 0. The van der Waals surface area contributed by atoms with Crippen LogP contribution in [0.2, 0.25) is 0 Å². The van der Waals surface area contributed by atoms with Crippen LogP contribution in [0.1, 0.15) is 44.9 Å². The van der Waals surface area contributed by atoms with Gasteiger partial charge in [-0.15, -0.1) is 0 Å². The molecule has 1 aliphatic carbocycles. The number of hydrogen-bond acceptors (Lipinski definition) is 1. The van der Waals surface area contributed by atoms with Crippen molar-refractivity contribution in [1.29, 1.82) is 0 Å². The highest BCUT2D eigenvalue weighted by atomic mass is 16.6. The Bertz CT molecular complexity index is 215. The van der Waals surface area contributed by atoms with Crippen LogP contribution >= 0.6 is 0 Å². The van der Waals surface area contributed by atoms with Crippen molar-refractivity contribution in [2.24, 2.45) is 0 Å². The lowest BCUT2D eigenvalue weighted by Crippen LogP contribution is -1.86. The lowest BCUT2D eigenvalue weighted by Gasteiger charge is -1.98. The summed E-state index contributed by atoms with van der Waals surface area (Å²) in [5.74, 6) is 1.21. The molecule has 0 bridgehead atoms. The summed E-state index contributed by atoms with van der Waals surface area (Å²) in [6, 6.07) is 0. The van der Waals surface area contributed by atoms with Crippen molar-refractivity contribution < 1.29 is 4.74 Å². The number of allylic oxidation sites excluding steroid dienone is 3. The number of fused-ring (bicyclic) bond motifs is 1. The maximum atomic E-state index is 5.44. The lowest BCUT2D eigenvalue weighted by atomic mass is 10.1. The van der Waals surface area contributed by atoms with Crippen molar-refractivity contribution in [2.75, 3.05) is 0 Å². The molecule has 1 nitrogen and oxygen atoms in total. The smallest absolute Gasteiger partial charge is 0.155 e. The Morgan fingerprint density at radius 1 is 1.08 bits per heavy atom. The fourth-order valence-corrected chi connectivity index (χ4v) is 1.86. The first-order valence-electron chi connectivity index (χ1n) is 5.50. The van der Waals surface area contributed by atoms with Gasteiger partial charge in [0.25, 0.3) is 0 Å². The van der Waals surface area contributed by atoms with E-state index < -0.39 is 0 Å². The van der Waals surface area contributed by atoms with Crippen LogP contribution < -0.4 is 0 Å². The average Bonchev–Trinajstić information content (AvgIpc) is 2.83. The second kappa shape index (κ2) is 4.50. The summed E-state index contributed by atoms with van der Waals surface area (Å²) < 4.78 is 5.44. The van der Waals surface area contributed by atoms with Crippen LogP contribution in [-0.4, -0.2) is 6.10 Å². The molecule has 2 rings (SSSR count). The number of epoxide rings is 1. The van der Waals surface area contributed by atoms with Crippen LogP contribution in [0.3, 0.4) is 0 Å². The van der Waals surface area contributed by atoms with Crippen molar-refractivity contribution >= 4 is 0 Å². The number of rotatable bonds is 0. The van der Waals surface area contributed by atoms with E-state index in [1.54, 1.807) is 0 Å². The molecule has 72 valence electrons. The van der Waals surface area contributed by atoms with Crippen LogP contribution in [0.5, 0.6) is 0 Å². The fourth-order valence-electron chi connectivity index (χ4n) is 1.86. The molecule has 1 heteroatoms. The maximum Gasteiger partial charge on any atom is 0.155 e. The second-order valence-corrected chi connectivity index (χ2v) is 3.95. The predicted octanol–water partition coefficient (Wildman–Crippen LogP) is 3.57. The van der Waals surface area contributed by atoms with Gasteiger partial charge in [0, 0.05) is 0 Å². The molecule has 1 fully saturated rings. The standard InChI is InChI=1S/C12H18O/c1-2-4-6-8-10-12-11(13-12)9-7-5-3-1/h5,7,9,12H,1-4,6,8,10H2/b7-5-,11-9?. The lowest BCUT2D eigenvalue weighted by molar-refractivity contribution is 0.401. The molecular weight excluding hydrogens is 160 g/mol. The number of ether oxygens (including phenoxy) is 1. The van der Waals surface area contributed by atoms with Gasteiger partial charge in [0.05, 0.1) is 0 Å².